The summed E-state index contributed by atoms with van der Waals surface area (Å²) in [6.45, 7) is 1.46. The first-order chi connectivity index (χ1) is 16.0. The zero-order valence-corrected chi connectivity index (χ0v) is 19.0. The third-order valence-corrected chi connectivity index (χ3v) is 5.90. The van der Waals surface area contributed by atoms with Gasteiger partial charge in [-0.3, -0.25) is 9.78 Å². The molecular formula is C25H25N3O5. The molecule has 2 aliphatic rings. The number of hydrogen-bond acceptors (Lipinski definition) is 7. The van der Waals surface area contributed by atoms with Crippen molar-refractivity contribution in [3.8, 4) is 17.2 Å². The number of methoxy groups -OCH3 is 3. The highest BCUT2D eigenvalue weighted by molar-refractivity contribution is 6.07. The van der Waals surface area contributed by atoms with Crippen LogP contribution in [0.25, 0.3) is 10.9 Å². The molecule has 1 unspecified atom stereocenters. The number of amides is 1. The van der Waals surface area contributed by atoms with Gasteiger partial charge in [-0.1, -0.05) is 18.2 Å². The van der Waals surface area contributed by atoms with Crippen molar-refractivity contribution >= 4 is 22.7 Å². The fourth-order valence-electron chi connectivity index (χ4n) is 4.10. The molecule has 1 aliphatic heterocycles. The standard InChI is InChI=1S/C25H25N3O5/c1-14(29)28-25(16-11-21(30-2)23(32-4)22(12-16)31-3)33-24(27-28)18-13-20(15-9-10-15)26-19-8-6-5-7-17(18)19/h5-8,11-13,15,25H,9-10H2,1-4H3. The molecule has 2 aromatic carbocycles. The minimum absolute atomic E-state index is 0.246. The van der Waals surface area contributed by atoms with E-state index in [1.54, 1.807) is 33.5 Å². The summed E-state index contributed by atoms with van der Waals surface area (Å²) in [7, 11) is 4.63. The number of hydrogen-bond donors (Lipinski definition) is 0. The van der Waals surface area contributed by atoms with Gasteiger partial charge >= 0.3 is 0 Å². The molecule has 0 saturated heterocycles. The molecular weight excluding hydrogens is 422 g/mol. The Labute approximate surface area is 191 Å². The molecule has 170 valence electrons. The van der Waals surface area contributed by atoms with Crippen LogP contribution in [0.1, 0.15) is 48.7 Å². The second kappa shape index (κ2) is 8.27. The molecule has 1 fully saturated rings. The number of rotatable bonds is 6. The highest BCUT2D eigenvalue weighted by Crippen LogP contribution is 2.43. The summed E-state index contributed by atoms with van der Waals surface area (Å²) in [5.74, 6) is 2.00. The van der Waals surface area contributed by atoms with Gasteiger partial charge in [0.2, 0.25) is 23.8 Å². The van der Waals surface area contributed by atoms with Crippen LogP contribution >= 0.6 is 0 Å². The number of nitrogens with zero attached hydrogens (tertiary/aromatic N) is 3. The Kier molecular flexibility index (Phi) is 5.28. The van der Waals surface area contributed by atoms with Gasteiger partial charge in [-0.25, -0.2) is 0 Å². The molecule has 0 N–H and O–H groups in total. The lowest BCUT2D eigenvalue weighted by atomic mass is 10.1. The smallest absolute Gasteiger partial charge is 0.243 e. The zero-order valence-electron chi connectivity index (χ0n) is 19.0. The Bertz CT molecular complexity index is 1240. The first-order valence-corrected chi connectivity index (χ1v) is 10.8. The summed E-state index contributed by atoms with van der Waals surface area (Å²) in [6.07, 6.45) is 1.49. The number of carbonyl (C=O) groups excluding carboxylic acids is 1. The van der Waals surface area contributed by atoms with Crippen molar-refractivity contribution < 1.29 is 23.7 Å². The van der Waals surface area contributed by atoms with Gasteiger partial charge < -0.3 is 18.9 Å². The number of hydrazone groups is 1. The number of fused-ring (bicyclic) bond motifs is 1. The molecule has 8 heteroatoms. The van der Waals surface area contributed by atoms with Gasteiger partial charge in [-0.05, 0) is 37.1 Å². The average molecular weight is 447 g/mol. The summed E-state index contributed by atoms with van der Waals surface area (Å²) in [5, 5.41) is 6.84. The maximum atomic E-state index is 12.5. The molecule has 3 aromatic rings. The van der Waals surface area contributed by atoms with Crippen molar-refractivity contribution in [1.82, 2.24) is 9.99 Å². The molecule has 1 atom stereocenters. The van der Waals surface area contributed by atoms with Crippen molar-refractivity contribution in [2.45, 2.75) is 31.9 Å². The normalized spacial score (nSPS) is 17.5. The van der Waals surface area contributed by atoms with E-state index in [1.807, 2.05) is 30.3 Å². The number of carbonyl (C=O) groups is 1. The van der Waals surface area contributed by atoms with Crippen molar-refractivity contribution in [3.63, 3.8) is 0 Å². The van der Waals surface area contributed by atoms with E-state index in [-0.39, 0.29) is 5.91 Å². The molecule has 1 saturated carbocycles. The maximum absolute atomic E-state index is 12.5. The molecule has 0 bridgehead atoms. The van der Waals surface area contributed by atoms with Crippen LogP contribution in [0.4, 0.5) is 0 Å². The summed E-state index contributed by atoms with van der Waals surface area (Å²) in [4.78, 5) is 17.4. The fraction of sp³-hybridized carbons (Fsp3) is 0.320. The summed E-state index contributed by atoms with van der Waals surface area (Å²) < 4.78 is 22.7. The van der Waals surface area contributed by atoms with E-state index in [0.717, 1.165) is 35.0 Å². The minimum Gasteiger partial charge on any atom is -0.493 e. The SMILES string of the molecule is COc1cc(C2OC(c3cc(C4CC4)nc4ccccc34)=NN2C(C)=O)cc(OC)c1OC. The Morgan fingerprint density at radius 1 is 1.03 bits per heavy atom. The van der Waals surface area contributed by atoms with Crippen molar-refractivity contribution in [1.29, 1.82) is 0 Å². The van der Waals surface area contributed by atoms with E-state index in [2.05, 4.69) is 5.10 Å². The Balaban J connectivity index is 1.60. The van der Waals surface area contributed by atoms with E-state index in [9.17, 15) is 4.79 Å². The van der Waals surface area contributed by atoms with Crippen LogP contribution in [0.15, 0.2) is 47.6 Å². The van der Waals surface area contributed by atoms with Crippen molar-refractivity contribution in [2.75, 3.05) is 21.3 Å². The second-order valence-electron chi connectivity index (χ2n) is 8.08. The van der Waals surface area contributed by atoms with Gasteiger partial charge in [-0.15, -0.1) is 5.10 Å². The molecule has 1 aromatic heterocycles. The molecule has 5 rings (SSSR count). The van der Waals surface area contributed by atoms with Gasteiger partial charge in [0.05, 0.1) is 26.8 Å². The second-order valence-corrected chi connectivity index (χ2v) is 8.08. The number of benzene rings is 2. The predicted molar refractivity (Wildman–Crippen MR) is 123 cm³/mol. The van der Waals surface area contributed by atoms with Crippen LogP contribution in [0, 0.1) is 0 Å². The van der Waals surface area contributed by atoms with E-state index < -0.39 is 6.23 Å². The summed E-state index contributed by atoms with van der Waals surface area (Å²) in [6, 6.07) is 13.5. The Morgan fingerprint density at radius 2 is 1.73 bits per heavy atom. The first kappa shape index (κ1) is 21.1. The lowest BCUT2D eigenvalue weighted by Gasteiger charge is -2.21. The summed E-state index contributed by atoms with van der Waals surface area (Å²) in [5.41, 5.74) is 3.39. The van der Waals surface area contributed by atoms with Crippen LogP contribution in [0.5, 0.6) is 17.2 Å². The van der Waals surface area contributed by atoms with E-state index in [1.165, 1.54) is 11.9 Å². The van der Waals surface area contributed by atoms with Gasteiger partial charge in [-0.2, -0.15) is 5.01 Å². The summed E-state index contributed by atoms with van der Waals surface area (Å²) >= 11 is 0. The lowest BCUT2D eigenvalue weighted by molar-refractivity contribution is -0.135. The highest BCUT2D eigenvalue weighted by Gasteiger charge is 2.36. The monoisotopic (exact) mass is 447 g/mol. The van der Waals surface area contributed by atoms with Gasteiger partial charge in [0.1, 0.15) is 0 Å². The molecule has 1 amide bonds. The third-order valence-electron chi connectivity index (χ3n) is 5.90. The van der Waals surface area contributed by atoms with E-state index >= 15 is 0 Å². The molecule has 2 heterocycles. The molecule has 0 radical (unpaired) electrons. The molecule has 0 spiro atoms. The Hall–Kier alpha value is -3.81. The van der Waals surface area contributed by atoms with Crippen LogP contribution in [0.2, 0.25) is 0 Å². The minimum atomic E-state index is -0.775. The van der Waals surface area contributed by atoms with Crippen LogP contribution in [0.3, 0.4) is 0 Å². The van der Waals surface area contributed by atoms with E-state index in [4.69, 9.17) is 23.9 Å². The molecule has 8 nitrogen and oxygen atoms in total. The fourth-order valence-corrected chi connectivity index (χ4v) is 4.10. The zero-order chi connectivity index (χ0) is 23.1. The van der Waals surface area contributed by atoms with Crippen molar-refractivity contribution in [3.05, 3.63) is 59.3 Å². The number of ether oxygens (including phenoxy) is 4. The third kappa shape index (κ3) is 3.71. The Morgan fingerprint density at radius 3 is 2.33 bits per heavy atom. The van der Waals surface area contributed by atoms with Crippen LogP contribution in [-0.2, 0) is 9.53 Å². The van der Waals surface area contributed by atoms with Crippen LogP contribution < -0.4 is 14.2 Å². The van der Waals surface area contributed by atoms with Gasteiger partial charge in [0.15, 0.2) is 11.5 Å². The topological polar surface area (TPSA) is 82.5 Å². The average Bonchev–Trinajstić information content (AvgIpc) is 3.60. The van der Waals surface area contributed by atoms with E-state index in [0.29, 0.717) is 34.6 Å². The first-order valence-electron chi connectivity index (χ1n) is 10.8. The van der Waals surface area contributed by atoms with Gasteiger partial charge in [0.25, 0.3) is 0 Å². The van der Waals surface area contributed by atoms with Gasteiger partial charge in [0, 0.05) is 35.0 Å². The quantitative estimate of drug-likeness (QED) is 0.558. The molecule has 1 aliphatic carbocycles. The predicted octanol–water partition coefficient (Wildman–Crippen LogP) is 4.38. The lowest BCUT2D eigenvalue weighted by Crippen LogP contribution is -2.25. The maximum Gasteiger partial charge on any atom is 0.243 e. The van der Waals surface area contributed by atoms with Crippen molar-refractivity contribution in [2.24, 2.45) is 5.10 Å². The largest absolute Gasteiger partial charge is 0.493 e. The van der Waals surface area contributed by atoms with Crippen LogP contribution in [-0.4, -0.2) is 43.1 Å². The number of pyridine rings is 1. The highest BCUT2D eigenvalue weighted by atomic mass is 16.5. The molecule has 33 heavy (non-hydrogen) atoms. The number of aromatic nitrogens is 1. The number of para-hydroxylation sites is 1.